The molecule has 1 atom stereocenters. The number of nitrogens with one attached hydrogen (secondary N) is 1. The number of methoxy groups -OCH3 is 1. The number of aromatic nitrogens is 2. The number of rotatable bonds is 13. The van der Waals surface area contributed by atoms with Crippen LogP contribution in [0.25, 0.3) is 22.4 Å². The molecule has 0 saturated heterocycles. The van der Waals surface area contributed by atoms with Crippen molar-refractivity contribution < 1.29 is 46.5 Å². The molecule has 212 valence electrons. The summed E-state index contributed by atoms with van der Waals surface area (Å²) in [6.07, 6.45) is -2.43. The summed E-state index contributed by atoms with van der Waals surface area (Å²) in [6.45, 7) is 4.31. The lowest BCUT2D eigenvalue weighted by molar-refractivity contribution is -0.140. The largest absolute Gasteiger partial charge is 0.494 e. The number of hydrogen-bond donors (Lipinski definition) is 2. The van der Waals surface area contributed by atoms with E-state index in [2.05, 4.69) is 15.3 Å². The molecular formula is C26H30F3N3O7. The minimum atomic E-state index is -4.69. The SMILES string of the molecule is CCCCOCC(NC(=O)OCCCC)c1oc(-c2ccc(OC)c3nc(C(F)(F)F)ccc23)nc1C(=O)O. The van der Waals surface area contributed by atoms with Gasteiger partial charge in [-0.3, -0.25) is 0 Å². The lowest BCUT2D eigenvalue weighted by atomic mass is 10.1. The Morgan fingerprint density at radius 1 is 1.08 bits per heavy atom. The first-order valence-electron chi connectivity index (χ1n) is 12.4. The molecule has 39 heavy (non-hydrogen) atoms. The van der Waals surface area contributed by atoms with E-state index in [-0.39, 0.29) is 47.1 Å². The molecule has 0 aliphatic heterocycles. The van der Waals surface area contributed by atoms with Crippen molar-refractivity contribution in [2.24, 2.45) is 0 Å². The van der Waals surface area contributed by atoms with Crippen molar-refractivity contribution in [3.8, 4) is 17.2 Å². The molecular weight excluding hydrogens is 523 g/mol. The summed E-state index contributed by atoms with van der Waals surface area (Å²) in [7, 11) is 1.29. The first kappa shape index (κ1) is 29.7. The number of carbonyl (C=O) groups is 2. The van der Waals surface area contributed by atoms with Gasteiger partial charge in [0.2, 0.25) is 5.89 Å². The van der Waals surface area contributed by atoms with E-state index in [1.54, 1.807) is 0 Å². The average Bonchev–Trinajstić information content (AvgIpc) is 3.34. The number of carboxylic acid groups (broad SMARTS) is 1. The number of carbonyl (C=O) groups excluding carboxylic acids is 1. The number of alkyl halides is 3. The van der Waals surface area contributed by atoms with Gasteiger partial charge in [-0.05, 0) is 37.1 Å². The second-order valence-electron chi connectivity index (χ2n) is 8.56. The first-order chi connectivity index (χ1) is 18.6. The molecule has 0 fully saturated rings. The summed E-state index contributed by atoms with van der Waals surface area (Å²) < 4.78 is 61.7. The van der Waals surface area contributed by atoms with Crippen molar-refractivity contribution in [3.63, 3.8) is 0 Å². The summed E-state index contributed by atoms with van der Waals surface area (Å²) in [4.78, 5) is 32.3. The van der Waals surface area contributed by atoms with Gasteiger partial charge in [0.15, 0.2) is 11.5 Å². The van der Waals surface area contributed by atoms with Crippen molar-refractivity contribution in [1.29, 1.82) is 0 Å². The molecule has 2 aromatic heterocycles. The first-order valence-corrected chi connectivity index (χ1v) is 12.4. The van der Waals surface area contributed by atoms with Crippen LogP contribution in [0.15, 0.2) is 28.7 Å². The quantitative estimate of drug-likeness (QED) is 0.245. The molecule has 13 heteroatoms. The maximum atomic E-state index is 13.3. The van der Waals surface area contributed by atoms with Crippen molar-refractivity contribution in [2.45, 2.75) is 51.7 Å². The van der Waals surface area contributed by atoms with E-state index in [0.29, 0.717) is 13.0 Å². The van der Waals surface area contributed by atoms with Crippen molar-refractivity contribution in [3.05, 3.63) is 41.4 Å². The Kier molecular flexibility index (Phi) is 10.1. The fourth-order valence-corrected chi connectivity index (χ4v) is 3.66. The predicted octanol–water partition coefficient (Wildman–Crippen LogP) is 6.00. The standard InChI is InChI=1S/C26H30F3N3O7/c1-4-6-12-37-14-17(30-25(35)38-13-7-5-2)22-21(24(33)34)32-23(39-22)16-8-10-18(36-3)20-15(16)9-11-19(31-20)26(27,28)29/h8-11,17H,4-7,12-14H2,1-3H3,(H,30,35)(H,33,34). The summed E-state index contributed by atoms with van der Waals surface area (Å²) >= 11 is 0. The van der Waals surface area contributed by atoms with Crippen LogP contribution in [0.2, 0.25) is 0 Å². The number of fused-ring (bicyclic) bond motifs is 1. The number of nitrogens with zero attached hydrogens (tertiary/aromatic N) is 2. The molecule has 1 aromatic carbocycles. The van der Waals surface area contributed by atoms with Crippen LogP contribution in [-0.4, -0.2) is 54.1 Å². The van der Waals surface area contributed by atoms with E-state index >= 15 is 0 Å². The third kappa shape index (κ3) is 7.37. The number of hydrogen-bond acceptors (Lipinski definition) is 8. The molecule has 1 unspecified atom stereocenters. The van der Waals surface area contributed by atoms with Gasteiger partial charge in [0.1, 0.15) is 23.0 Å². The van der Waals surface area contributed by atoms with Crippen LogP contribution in [0.3, 0.4) is 0 Å². The summed E-state index contributed by atoms with van der Waals surface area (Å²) in [5.41, 5.74) is -1.55. The number of ether oxygens (including phenoxy) is 3. The Morgan fingerprint density at radius 3 is 2.44 bits per heavy atom. The van der Waals surface area contributed by atoms with Crippen LogP contribution < -0.4 is 10.1 Å². The van der Waals surface area contributed by atoms with Crippen molar-refractivity contribution >= 4 is 23.0 Å². The van der Waals surface area contributed by atoms with Gasteiger partial charge in [0, 0.05) is 17.6 Å². The van der Waals surface area contributed by atoms with Gasteiger partial charge in [-0.15, -0.1) is 0 Å². The maximum absolute atomic E-state index is 13.3. The molecule has 0 bridgehead atoms. The van der Waals surface area contributed by atoms with Gasteiger partial charge in [0.05, 0.1) is 20.3 Å². The van der Waals surface area contributed by atoms with Gasteiger partial charge in [-0.2, -0.15) is 13.2 Å². The topological polar surface area (TPSA) is 133 Å². The summed E-state index contributed by atoms with van der Waals surface area (Å²) in [5.74, 6) is -1.76. The van der Waals surface area contributed by atoms with E-state index in [1.165, 1.54) is 25.3 Å². The van der Waals surface area contributed by atoms with E-state index < -0.39 is 35.7 Å². The zero-order valence-electron chi connectivity index (χ0n) is 21.8. The van der Waals surface area contributed by atoms with E-state index in [1.807, 2.05) is 13.8 Å². The number of benzene rings is 1. The highest BCUT2D eigenvalue weighted by atomic mass is 19.4. The van der Waals surface area contributed by atoms with Gasteiger partial charge in [0.25, 0.3) is 0 Å². The highest BCUT2D eigenvalue weighted by molar-refractivity contribution is 5.97. The maximum Gasteiger partial charge on any atom is 0.433 e. The zero-order valence-corrected chi connectivity index (χ0v) is 21.8. The monoisotopic (exact) mass is 553 g/mol. The molecule has 0 saturated carbocycles. The number of carboxylic acids is 1. The smallest absolute Gasteiger partial charge is 0.433 e. The molecule has 0 spiro atoms. The number of aromatic carboxylic acids is 1. The summed E-state index contributed by atoms with van der Waals surface area (Å²) in [5, 5.41) is 12.6. The number of halogens is 3. The Balaban J connectivity index is 2.07. The number of unbranched alkanes of at least 4 members (excludes halogenated alkanes) is 2. The molecule has 3 aromatic rings. The third-order valence-electron chi connectivity index (χ3n) is 5.68. The van der Waals surface area contributed by atoms with E-state index in [0.717, 1.165) is 25.3 Å². The average molecular weight is 554 g/mol. The fraction of sp³-hybridized carbons (Fsp3) is 0.462. The number of pyridine rings is 1. The van der Waals surface area contributed by atoms with Gasteiger partial charge in [-0.1, -0.05) is 26.7 Å². The molecule has 0 aliphatic rings. The number of amides is 1. The van der Waals surface area contributed by atoms with Crippen molar-refractivity contribution in [2.75, 3.05) is 26.9 Å². The molecule has 0 radical (unpaired) electrons. The molecule has 10 nitrogen and oxygen atoms in total. The minimum absolute atomic E-state index is 0.0729. The Hall–Kier alpha value is -3.87. The minimum Gasteiger partial charge on any atom is -0.494 e. The fourth-order valence-electron chi connectivity index (χ4n) is 3.66. The summed E-state index contributed by atoms with van der Waals surface area (Å²) in [6, 6.07) is 3.76. The Labute approximate surface area is 222 Å². The second-order valence-corrected chi connectivity index (χ2v) is 8.56. The second kappa shape index (κ2) is 13.3. The predicted molar refractivity (Wildman–Crippen MR) is 134 cm³/mol. The van der Waals surface area contributed by atoms with Crippen LogP contribution >= 0.6 is 0 Å². The van der Waals surface area contributed by atoms with E-state index in [4.69, 9.17) is 18.6 Å². The number of alkyl carbamates (subject to hydrolysis) is 1. The van der Waals surface area contributed by atoms with E-state index in [9.17, 15) is 27.9 Å². The van der Waals surface area contributed by atoms with Gasteiger partial charge in [-0.25, -0.2) is 19.6 Å². The Bertz CT molecular complexity index is 1290. The lowest BCUT2D eigenvalue weighted by Crippen LogP contribution is -2.33. The van der Waals surface area contributed by atoms with Gasteiger partial charge >= 0.3 is 18.2 Å². The van der Waals surface area contributed by atoms with Crippen LogP contribution in [0, 0.1) is 0 Å². The highest BCUT2D eigenvalue weighted by Gasteiger charge is 2.34. The molecule has 1 amide bonds. The van der Waals surface area contributed by atoms with Crippen LogP contribution in [-0.2, 0) is 15.7 Å². The molecule has 0 aliphatic carbocycles. The molecule has 2 N–H and O–H groups in total. The zero-order chi connectivity index (χ0) is 28.6. The highest BCUT2D eigenvalue weighted by Crippen LogP contribution is 2.37. The van der Waals surface area contributed by atoms with Crippen LogP contribution in [0.5, 0.6) is 5.75 Å². The third-order valence-corrected chi connectivity index (χ3v) is 5.68. The number of oxazole rings is 1. The van der Waals surface area contributed by atoms with Crippen LogP contribution in [0.4, 0.5) is 18.0 Å². The molecule has 2 heterocycles. The lowest BCUT2D eigenvalue weighted by Gasteiger charge is -2.17. The van der Waals surface area contributed by atoms with Crippen LogP contribution in [0.1, 0.15) is 67.5 Å². The normalized spacial score (nSPS) is 12.4. The van der Waals surface area contributed by atoms with Crippen molar-refractivity contribution in [1.82, 2.24) is 15.3 Å². The molecule has 3 rings (SSSR count). The van der Waals surface area contributed by atoms with Gasteiger partial charge < -0.3 is 29.1 Å². The Morgan fingerprint density at radius 2 is 1.79 bits per heavy atom.